The van der Waals surface area contributed by atoms with E-state index in [4.69, 9.17) is 15.0 Å². The lowest BCUT2D eigenvalue weighted by Gasteiger charge is -2.61. The second-order valence-electron chi connectivity index (χ2n) is 16.0. The third-order valence-electron chi connectivity index (χ3n) is 13.3. The molecular formula is C49H37N3S. The summed E-state index contributed by atoms with van der Waals surface area (Å²) in [7, 11) is 0. The molecule has 0 N–H and O–H groups in total. The van der Waals surface area contributed by atoms with Gasteiger partial charge in [-0.15, -0.1) is 11.3 Å². The molecule has 53 heavy (non-hydrogen) atoms. The van der Waals surface area contributed by atoms with E-state index in [1.165, 1.54) is 80.1 Å². The Morgan fingerprint density at radius 2 is 1.00 bits per heavy atom. The molecule has 13 rings (SSSR count). The van der Waals surface area contributed by atoms with Crippen molar-refractivity contribution in [2.75, 3.05) is 0 Å². The molecule has 4 bridgehead atoms. The fourth-order valence-corrected chi connectivity index (χ4v) is 12.7. The van der Waals surface area contributed by atoms with Crippen LogP contribution >= 0.6 is 11.3 Å². The van der Waals surface area contributed by atoms with E-state index in [1.807, 2.05) is 17.4 Å². The van der Waals surface area contributed by atoms with E-state index >= 15 is 0 Å². The molecule has 5 aliphatic carbocycles. The maximum absolute atomic E-state index is 5.34. The molecule has 4 heteroatoms. The van der Waals surface area contributed by atoms with Crippen molar-refractivity contribution in [1.82, 2.24) is 15.0 Å². The van der Waals surface area contributed by atoms with Crippen molar-refractivity contribution in [3.63, 3.8) is 0 Å². The number of thiophene rings is 1. The summed E-state index contributed by atoms with van der Waals surface area (Å²) in [5.41, 5.74) is 11.5. The Morgan fingerprint density at radius 3 is 1.79 bits per heavy atom. The Kier molecular flexibility index (Phi) is 6.39. The SMILES string of the molecule is c1ccc(-c2nc(-c3ccc(-c4cccc5c4sc4ccccc45)cc3)nc(-c3cccc4c3-c3ccccc3C43C4CC5CC(C4)CC3C5)n2)cc1. The molecule has 2 aromatic heterocycles. The Balaban J connectivity index is 1.02. The Bertz CT molecular complexity index is 2720. The smallest absolute Gasteiger partial charge is 0.164 e. The molecule has 1 spiro atoms. The summed E-state index contributed by atoms with van der Waals surface area (Å²) in [6.07, 6.45) is 6.92. The maximum atomic E-state index is 5.34. The molecule has 0 radical (unpaired) electrons. The highest BCUT2D eigenvalue weighted by molar-refractivity contribution is 7.26. The van der Waals surface area contributed by atoms with Crippen molar-refractivity contribution < 1.29 is 0 Å². The van der Waals surface area contributed by atoms with E-state index < -0.39 is 0 Å². The number of rotatable bonds is 4. The van der Waals surface area contributed by atoms with Crippen LogP contribution < -0.4 is 0 Å². The molecular weight excluding hydrogens is 663 g/mol. The molecule has 5 aliphatic rings. The van der Waals surface area contributed by atoms with E-state index in [2.05, 4.69) is 133 Å². The van der Waals surface area contributed by atoms with Gasteiger partial charge in [-0.25, -0.2) is 15.0 Å². The lowest BCUT2D eigenvalue weighted by atomic mass is 9.43. The van der Waals surface area contributed by atoms with Crippen LogP contribution in [0.25, 0.3) is 76.6 Å². The van der Waals surface area contributed by atoms with Crippen molar-refractivity contribution in [2.45, 2.75) is 37.5 Å². The summed E-state index contributed by atoms with van der Waals surface area (Å²) in [5, 5.41) is 2.63. The minimum Gasteiger partial charge on any atom is -0.208 e. The van der Waals surface area contributed by atoms with Crippen molar-refractivity contribution in [3.8, 4) is 56.4 Å². The number of hydrogen-bond donors (Lipinski definition) is 0. The molecule has 0 atom stereocenters. The zero-order valence-electron chi connectivity index (χ0n) is 29.4. The second-order valence-corrected chi connectivity index (χ2v) is 17.0. The van der Waals surface area contributed by atoms with Gasteiger partial charge in [0.1, 0.15) is 0 Å². The van der Waals surface area contributed by atoms with Gasteiger partial charge in [-0.05, 0) is 95.2 Å². The van der Waals surface area contributed by atoms with Gasteiger partial charge in [0.25, 0.3) is 0 Å². The Labute approximate surface area is 313 Å². The summed E-state index contributed by atoms with van der Waals surface area (Å²) in [6.45, 7) is 0. The average molecular weight is 700 g/mol. The van der Waals surface area contributed by atoms with Crippen LogP contribution in [0.5, 0.6) is 0 Å². The molecule has 8 aromatic rings. The molecule has 0 unspecified atom stereocenters. The number of benzene rings is 6. The molecule has 0 aliphatic heterocycles. The van der Waals surface area contributed by atoms with Gasteiger partial charge in [-0.3, -0.25) is 0 Å². The lowest BCUT2D eigenvalue weighted by Crippen LogP contribution is -2.55. The molecule has 4 saturated carbocycles. The van der Waals surface area contributed by atoms with Crippen LogP contribution in [-0.4, -0.2) is 15.0 Å². The molecule has 3 nitrogen and oxygen atoms in total. The first-order valence-electron chi connectivity index (χ1n) is 19.3. The van der Waals surface area contributed by atoms with Crippen LogP contribution in [0.2, 0.25) is 0 Å². The van der Waals surface area contributed by atoms with Crippen LogP contribution in [0.4, 0.5) is 0 Å². The van der Waals surface area contributed by atoms with Gasteiger partial charge >= 0.3 is 0 Å². The van der Waals surface area contributed by atoms with Gasteiger partial charge in [-0.1, -0.05) is 133 Å². The Hall–Kier alpha value is -5.45. The van der Waals surface area contributed by atoms with Gasteiger partial charge in [0.15, 0.2) is 17.5 Å². The summed E-state index contributed by atoms with van der Waals surface area (Å²) in [6, 6.07) is 50.9. The van der Waals surface area contributed by atoms with Gasteiger partial charge in [-0.2, -0.15) is 0 Å². The quantitative estimate of drug-likeness (QED) is 0.184. The van der Waals surface area contributed by atoms with E-state index in [9.17, 15) is 0 Å². The highest BCUT2D eigenvalue weighted by Gasteiger charge is 2.61. The predicted octanol–water partition coefficient (Wildman–Crippen LogP) is 12.6. The average Bonchev–Trinajstić information content (AvgIpc) is 3.74. The lowest BCUT2D eigenvalue weighted by molar-refractivity contribution is -0.0399. The third kappa shape index (κ3) is 4.30. The first-order chi connectivity index (χ1) is 26.2. The summed E-state index contributed by atoms with van der Waals surface area (Å²) in [5.74, 6) is 5.40. The topological polar surface area (TPSA) is 38.7 Å². The van der Waals surface area contributed by atoms with Gasteiger partial charge < -0.3 is 0 Å². The van der Waals surface area contributed by atoms with Crippen LogP contribution in [-0.2, 0) is 5.41 Å². The molecule has 0 amide bonds. The van der Waals surface area contributed by atoms with Gasteiger partial charge in [0.05, 0.1) is 0 Å². The fourth-order valence-electron chi connectivity index (χ4n) is 11.5. The van der Waals surface area contributed by atoms with E-state index in [0.717, 1.165) is 34.4 Å². The molecule has 0 saturated heterocycles. The van der Waals surface area contributed by atoms with Gasteiger partial charge in [0, 0.05) is 42.3 Å². The molecule has 254 valence electrons. The zero-order chi connectivity index (χ0) is 34.7. The summed E-state index contributed by atoms with van der Waals surface area (Å²) in [4.78, 5) is 15.8. The van der Waals surface area contributed by atoms with Crippen LogP contribution in [0.15, 0.2) is 140 Å². The minimum atomic E-state index is 0.0978. The zero-order valence-corrected chi connectivity index (χ0v) is 30.2. The van der Waals surface area contributed by atoms with Crippen LogP contribution in [0, 0.1) is 23.7 Å². The Morgan fingerprint density at radius 1 is 0.434 bits per heavy atom. The van der Waals surface area contributed by atoms with Crippen molar-refractivity contribution in [1.29, 1.82) is 0 Å². The summed E-state index contributed by atoms with van der Waals surface area (Å²) >= 11 is 1.87. The van der Waals surface area contributed by atoms with Gasteiger partial charge in [0.2, 0.25) is 0 Å². The van der Waals surface area contributed by atoms with Crippen molar-refractivity contribution in [3.05, 3.63) is 151 Å². The highest BCUT2D eigenvalue weighted by atomic mass is 32.1. The number of hydrogen-bond acceptors (Lipinski definition) is 4. The van der Waals surface area contributed by atoms with Crippen LogP contribution in [0.1, 0.15) is 43.2 Å². The van der Waals surface area contributed by atoms with Crippen molar-refractivity contribution >= 4 is 31.5 Å². The minimum absolute atomic E-state index is 0.0978. The second kappa shape index (κ2) is 11.3. The summed E-state index contributed by atoms with van der Waals surface area (Å²) < 4.78 is 2.65. The standard InChI is InChI=1S/C49H37N3S/c1-2-10-32(11-3-1)46-50-47(33-22-20-31(21-23-33)36-14-8-15-38-37-12-5-7-19-43(37)53-45(36)38)52-48(51-46)40-16-9-18-42-44(40)39-13-4-6-17-41(39)49(42)34-25-29-24-30(27-34)28-35(49)26-29/h1-23,29-30,34-35H,24-28H2. The third-order valence-corrected chi connectivity index (χ3v) is 14.6. The first-order valence-corrected chi connectivity index (χ1v) is 20.1. The molecule has 2 heterocycles. The van der Waals surface area contributed by atoms with E-state index in [0.29, 0.717) is 23.5 Å². The fraction of sp³-hybridized carbons (Fsp3) is 0.204. The van der Waals surface area contributed by atoms with E-state index in [1.54, 1.807) is 5.56 Å². The van der Waals surface area contributed by atoms with Crippen LogP contribution in [0.3, 0.4) is 0 Å². The van der Waals surface area contributed by atoms with E-state index in [-0.39, 0.29) is 5.41 Å². The maximum Gasteiger partial charge on any atom is 0.164 e. The normalized spacial score (nSPS) is 23.5. The molecule has 6 aromatic carbocycles. The monoisotopic (exact) mass is 699 g/mol. The highest BCUT2D eigenvalue weighted by Crippen LogP contribution is 2.70. The first kappa shape index (κ1) is 30.1. The largest absolute Gasteiger partial charge is 0.208 e. The number of nitrogens with zero attached hydrogens (tertiary/aromatic N) is 3. The predicted molar refractivity (Wildman–Crippen MR) is 218 cm³/mol. The number of aromatic nitrogens is 3. The molecule has 4 fully saturated rings. The van der Waals surface area contributed by atoms with Crippen molar-refractivity contribution in [2.24, 2.45) is 23.7 Å². The number of fused-ring (bicyclic) bond motifs is 6.